The van der Waals surface area contributed by atoms with Crippen molar-refractivity contribution in [1.29, 1.82) is 0 Å². The first-order valence-corrected chi connectivity index (χ1v) is 3.32. The molecule has 1 rings (SSSR count). The van der Waals surface area contributed by atoms with E-state index in [0.29, 0.717) is 12.0 Å². The summed E-state index contributed by atoms with van der Waals surface area (Å²) in [6.45, 7) is 1.85. The molecule has 0 aliphatic heterocycles. The molecular weight excluding hydrogens is 144 g/mol. The molecule has 0 bridgehead atoms. The fourth-order valence-corrected chi connectivity index (χ4v) is 1.04. The molecule has 1 aliphatic carbocycles. The van der Waals surface area contributed by atoms with Crippen molar-refractivity contribution in [1.82, 2.24) is 0 Å². The summed E-state index contributed by atoms with van der Waals surface area (Å²) in [6, 6.07) is 0. The average molecular weight is 154 g/mol. The molecule has 1 N–H and O–H groups in total. The van der Waals surface area contributed by atoms with E-state index < -0.39 is 5.97 Å². The van der Waals surface area contributed by atoms with Crippen molar-refractivity contribution in [3.05, 3.63) is 23.0 Å². The van der Waals surface area contributed by atoms with Crippen LogP contribution in [0.2, 0.25) is 0 Å². The van der Waals surface area contributed by atoms with Crippen molar-refractivity contribution in [3.8, 4) is 0 Å². The first-order valence-electron chi connectivity index (χ1n) is 3.32. The van der Waals surface area contributed by atoms with Gasteiger partial charge in [-0.3, -0.25) is 0 Å². The van der Waals surface area contributed by atoms with E-state index in [1.54, 1.807) is 6.08 Å². The summed E-state index contributed by atoms with van der Waals surface area (Å²) in [6.07, 6.45) is 2.07. The van der Waals surface area contributed by atoms with E-state index >= 15 is 0 Å². The number of aliphatic hydroxyl groups is 1. The predicted molar refractivity (Wildman–Crippen MR) is 40.0 cm³/mol. The molecule has 0 atom stereocenters. The molecule has 0 saturated heterocycles. The average Bonchev–Trinajstić information content (AvgIpc) is 2.28. The topological polar surface area (TPSA) is 46.5 Å². The van der Waals surface area contributed by atoms with Gasteiger partial charge in [0.25, 0.3) is 0 Å². The standard InChI is InChI=1S/C8H10O3/c1-5-3-6(7(9)4-5)8(10)11-2/h4,9H,3H2,1-2H3. The lowest BCUT2D eigenvalue weighted by Gasteiger charge is -1.99. The number of aliphatic hydroxyl groups excluding tert-OH is 1. The fraction of sp³-hybridized carbons (Fsp3) is 0.375. The van der Waals surface area contributed by atoms with Crippen LogP contribution in [0.3, 0.4) is 0 Å². The molecule has 0 fully saturated rings. The maximum atomic E-state index is 10.9. The Morgan fingerprint density at radius 2 is 2.36 bits per heavy atom. The molecule has 0 unspecified atom stereocenters. The zero-order chi connectivity index (χ0) is 8.43. The molecule has 3 nitrogen and oxygen atoms in total. The van der Waals surface area contributed by atoms with Crippen LogP contribution in [0, 0.1) is 0 Å². The van der Waals surface area contributed by atoms with Crippen molar-refractivity contribution >= 4 is 5.97 Å². The second-order valence-corrected chi connectivity index (χ2v) is 2.52. The lowest BCUT2D eigenvalue weighted by Crippen LogP contribution is -2.04. The maximum Gasteiger partial charge on any atom is 0.337 e. The Labute approximate surface area is 65.0 Å². The summed E-state index contributed by atoms with van der Waals surface area (Å²) >= 11 is 0. The van der Waals surface area contributed by atoms with E-state index in [1.165, 1.54) is 7.11 Å². The number of carbonyl (C=O) groups is 1. The van der Waals surface area contributed by atoms with Gasteiger partial charge in [0, 0.05) is 6.42 Å². The number of methoxy groups -OCH3 is 1. The highest BCUT2D eigenvalue weighted by atomic mass is 16.5. The molecule has 0 aromatic heterocycles. The van der Waals surface area contributed by atoms with Crippen LogP contribution in [-0.2, 0) is 9.53 Å². The van der Waals surface area contributed by atoms with Crippen LogP contribution >= 0.6 is 0 Å². The van der Waals surface area contributed by atoms with Crippen molar-refractivity contribution < 1.29 is 14.6 Å². The van der Waals surface area contributed by atoms with E-state index in [2.05, 4.69) is 4.74 Å². The van der Waals surface area contributed by atoms with Crippen LogP contribution in [0.15, 0.2) is 23.0 Å². The van der Waals surface area contributed by atoms with Crippen LogP contribution in [0.25, 0.3) is 0 Å². The van der Waals surface area contributed by atoms with E-state index in [0.717, 1.165) is 5.57 Å². The quantitative estimate of drug-likeness (QED) is 0.579. The normalized spacial score (nSPS) is 16.7. The highest BCUT2D eigenvalue weighted by Gasteiger charge is 2.19. The summed E-state index contributed by atoms with van der Waals surface area (Å²) in [7, 11) is 1.30. The van der Waals surface area contributed by atoms with Crippen LogP contribution in [0.1, 0.15) is 13.3 Å². The summed E-state index contributed by atoms with van der Waals surface area (Å²) in [5, 5.41) is 9.16. The molecular formula is C8H10O3. The van der Waals surface area contributed by atoms with Crippen molar-refractivity contribution in [2.45, 2.75) is 13.3 Å². The van der Waals surface area contributed by atoms with Crippen molar-refractivity contribution in [2.75, 3.05) is 7.11 Å². The number of allylic oxidation sites excluding steroid dienone is 2. The summed E-state index contributed by atoms with van der Waals surface area (Å²) in [5.41, 5.74) is 1.33. The first kappa shape index (κ1) is 7.85. The monoisotopic (exact) mass is 154 g/mol. The highest BCUT2D eigenvalue weighted by molar-refractivity contribution is 5.90. The van der Waals surface area contributed by atoms with Crippen LogP contribution in [-0.4, -0.2) is 18.2 Å². The lowest BCUT2D eigenvalue weighted by atomic mass is 10.2. The van der Waals surface area contributed by atoms with Crippen molar-refractivity contribution in [3.63, 3.8) is 0 Å². The van der Waals surface area contributed by atoms with Crippen LogP contribution < -0.4 is 0 Å². The Morgan fingerprint density at radius 1 is 1.73 bits per heavy atom. The fourth-order valence-electron chi connectivity index (χ4n) is 1.04. The minimum absolute atomic E-state index is 0.0364. The molecule has 11 heavy (non-hydrogen) atoms. The molecule has 3 heteroatoms. The Hall–Kier alpha value is -1.25. The molecule has 60 valence electrons. The summed E-state index contributed by atoms with van der Waals surface area (Å²) in [5.74, 6) is -0.412. The van der Waals surface area contributed by atoms with Gasteiger partial charge in [-0.05, 0) is 13.0 Å². The molecule has 0 saturated carbocycles. The lowest BCUT2D eigenvalue weighted by molar-refractivity contribution is -0.136. The largest absolute Gasteiger partial charge is 0.507 e. The number of hydrogen-bond acceptors (Lipinski definition) is 3. The van der Waals surface area contributed by atoms with E-state index in [9.17, 15) is 4.79 Å². The summed E-state index contributed by atoms with van der Waals surface area (Å²) in [4.78, 5) is 10.9. The molecule has 0 radical (unpaired) electrons. The zero-order valence-corrected chi connectivity index (χ0v) is 6.55. The van der Waals surface area contributed by atoms with Gasteiger partial charge in [-0.25, -0.2) is 4.79 Å². The summed E-state index contributed by atoms with van der Waals surface area (Å²) < 4.78 is 4.46. The second-order valence-electron chi connectivity index (χ2n) is 2.52. The third kappa shape index (κ3) is 1.42. The van der Waals surface area contributed by atoms with E-state index in [1.807, 2.05) is 6.92 Å². The maximum absolute atomic E-state index is 10.9. The van der Waals surface area contributed by atoms with Crippen LogP contribution in [0.4, 0.5) is 0 Å². The molecule has 1 aliphatic rings. The van der Waals surface area contributed by atoms with Gasteiger partial charge in [0.15, 0.2) is 0 Å². The Kier molecular flexibility index (Phi) is 1.98. The molecule has 0 amide bonds. The molecule has 0 aromatic rings. The Balaban J connectivity index is 2.79. The van der Waals surface area contributed by atoms with E-state index in [4.69, 9.17) is 5.11 Å². The van der Waals surface area contributed by atoms with Gasteiger partial charge in [0.2, 0.25) is 0 Å². The van der Waals surface area contributed by atoms with E-state index in [-0.39, 0.29) is 5.76 Å². The van der Waals surface area contributed by atoms with Gasteiger partial charge >= 0.3 is 5.97 Å². The SMILES string of the molecule is COC(=O)C1=C(O)C=C(C)C1. The number of esters is 1. The van der Waals surface area contributed by atoms with Gasteiger partial charge in [0.05, 0.1) is 12.7 Å². The third-order valence-corrected chi connectivity index (χ3v) is 1.58. The minimum atomic E-state index is -0.449. The minimum Gasteiger partial charge on any atom is -0.507 e. The van der Waals surface area contributed by atoms with Gasteiger partial charge < -0.3 is 9.84 Å². The Morgan fingerprint density at radius 3 is 2.73 bits per heavy atom. The van der Waals surface area contributed by atoms with Gasteiger partial charge in [-0.2, -0.15) is 0 Å². The second kappa shape index (κ2) is 2.78. The molecule has 0 heterocycles. The molecule has 0 spiro atoms. The highest BCUT2D eigenvalue weighted by Crippen LogP contribution is 2.23. The number of rotatable bonds is 1. The van der Waals surface area contributed by atoms with Crippen LogP contribution in [0.5, 0.6) is 0 Å². The van der Waals surface area contributed by atoms with Gasteiger partial charge in [0.1, 0.15) is 5.76 Å². The third-order valence-electron chi connectivity index (χ3n) is 1.58. The Bertz CT molecular complexity index is 248. The van der Waals surface area contributed by atoms with Gasteiger partial charge in [-0.1, -0.05) is 5.57 Å². The smallest absolute Gasteiger partial charge is 0.337 e. The number of ether oxygens (including phenoxy) is 1. The predicted octanol–water partition coefficient (Wildman–Crippen LogP) is 1.32. The number of carbonyl (C=O) groups excluding carboxylic acids is 1. The zero-order valence-electron chi connectivity index (χ0n) is 6.55. The molecule has 0 aromatic carbocycles. The van der Waals surface area contributed by atoms with Crippen molar-refractivity contribution in [2.24, 2.45) is 0 Å². The first-order chi connectivity index (χ1) is 5.15. The number of hydrogen-bond donors (Lipinski definition) is 1. The van der Waals surface area contributed by atoms with Gasteiger partial charge in [-0.15, -0.1) is 0 Å².